The summed E-state index contributed by atoms with van der Waals surface area (Å²) < 4.78 is 82.3. The van der Waals surface area contributed by atoms with Crippen molar-refractivity contribution in [1.82, 2.24) is 0 Å². The number of aromatic nitrogens is 2. The Hall–Kier alpha value is -2.91. The second-order valence-electron chi connectivity index (χ2n) is 6.30. The van der Waals surface area contributed by atoms with Crippen LogP contribution >= 0.6 is 0 Å². The highest BCUT2D eigenvalue weighted by Crippen LogP contribution is 2.15. The first kappa shape index (κ1) is 26.1. The van der Waals surface area contributed by atoms with Crippen LogP contribution in [0.3, 0.4) is 0 Å². The molecule has 0 unspecified atom stereocenters. The molecule has 0 atom stereocenters. The summed E-state index contributed by atoms with van der Waals surface area (Å²) in [5.74, 6) is 0. The Bertz CT molecular complexity index is 860. The molecule has 0 aliphatic heterocycles. The van der Waals surface area contributed by atoms with Crippen molar-refractivity contribution in [2.24, 2.45) is 7.05 Å². The molecule has 3 rings (SSSR count). The van der Waals surface area contributed by atoms with Crippen LogP contribution in [0.4, 0.5) is 34.5 Å². The van der Waals surface area contributed by atoms with Gasteiger partial charge in [0.15, 0.2) is 31.3 Å². The molecule has 0 fully saturated rings. The van der Waals surface area contributed by atoms with Crippen LogP contribution in [-0.4, -0.2) is 14.5 Å². The van der Waals surface area contributed by atoms with Crippen molar-refractivity contribution in [1.29, 1.82) is 0 Å². The number of hydrogen-bond acceptors (Lipinski definition) is 0. The van der Waals surface area contributed by atoms with E-state index in [1.807, 2.05) is 11.6 Å². The van der Waals surface area contributed by atoms with Crippen LogP contribution in [0.2, 0.25) is 0 Å². The zero-order valence-corrected chi connectivity index (χ0v) is 16.5. The van der Waals surface area contributed by atoms with E-state index < -0.39 is 14.5 Å². The number of nitrogens with zero attached hydrogens (tertiary/aromatic N) is 2. The van der Waals surface area contributed by atoms with Gasteiger partial charge >= 0.3 is 14.5 Å². The predicted octanol–water partition coefficient (Wildman–Crippen LogP) is 5.31. The van der Waals surface area contributed by atoms with Crippen molar-refractivity contribution in [3.05, 3.63) is 84.9 Å². The molecule has 0 aliphatic rings. The van der Waals surface area contributed by atoms with Gasteiger partial charge in [0, 0.05) is 30.7 Å². The third-order valence-corrected chi connectivity index (χ3v) is 3.70. The van der Waals surface area contributed by atoms with Crippen molar-refractivity contribution in [3.8, 4) is 11.1 Å². The summed E-state index contributed by atoms with van der Waals surface area (Å²) in [4.78, 5) is 0. The minimum atomic E-state index is -6.00. The Labute approximate surface area is 175 Å². The van der Waals surface area contributed by atoms with Gasteiger partial charge in [-0.3, -0.25) is 0 Å². The molecule has 0 aliphatic carbocycles. The van der Waals surface area contributed by atoms with Gasteiger partial charge in [-0.25, -0.2) is 9.13 Å². The minimum absolute atomic E-state index is 1.01. The summed E-state index contributed by atoms with van der Waals surface area (Å²) in [5, 5.41) is 0. The van der Waals surface area contributed by atoms with Gasteiger partial charge in [0.25, 0.3) is 0 Å². The molecule has 2 aromatic heterocycles. The molecule has 0 saturated heterocycles. The summed E-state index contributed by atoms with van der Waals surface area (Å²) in [5.41, 5.74) is 3.89. The number of halogens is 8. The molecule has 0 amide bonds. The van der Waals surface area contributed by atoms with Crippen molar-refractivity contribution in [2.75, 3.05) is 0 Å². The lowest BCUT2D eigenvalue weighted by Crippen LogP contribution is -2.33. The molecule has 2 nitrogen and oxygen atoms in total. The lowest BCUT2D eigenvalue weighted by Gasteiger charge is -2.01. The summed E-state index contributed by atoms with van der Waals surface area (Å²) in [6, 6.07) is 19.3. The van der Waals surface area contributed by atoms with Crippen molar-refractivity contribution in [3.63, 3.8) is 0 Å². The Morgan fingerprint density at radius 1 is 0.613 bits per heavy atom. The zero-order chi connectivity index (χ0) is 23.5. The van der Waals surface area contributed by atoms with E-state index in [0.29, 0.717) is 0 Å². The Balaban J connectivity index is 0.000000404. The van der Waals surface area contributed by atoms with E-state index in [1.54, 1.807) is 0 Å². The van der Waals surface area contributed by atoms with E-state index in [4.69, 9.17) is 0 Å². The van der Waals surface area contributed by atoms with Crippen LogP contribution in [0, 0.1) is 0 Å². The van der Waals surface area contributed by atoms with E-state index in [2.05, 4.69) is 84.0 Å². The summed E-state index contributed by atoms with van der Waals surface area (Å²) >= 11 is 0. The predicted molar refractivity (Wildman–Crippen MR) is 104 cm³/mol. The molecule has 12 heteroatoms. The number of hydrogen-bond donors (Lipinski definition) is 0. The molecular formula is C19H20B2F8N2. The van der Waals surface area contributed by atoms with Gasteiger partial charge in [0.1, 0.15) is 7.05 Å². The van der Waals surface area contributed by atoms with Crippen molar-refractivity contribution in [2.45, 2.75) is 13.0 Å². The van der Waals surface area contributed by atoms with Crippen LogP contribution < -0.4 is 9.13 Å². The first-order chi connectivity index (χ1) is 14.3. The average molecular weight is 450 g/mol. The van der Waals surface area contributed by atoms with Gasteiger partial charge in [-0.05, 0) is 16.7 Å². The van der Waals surface area contributed by atoms with Gasteiger partial charge in [0.05, 0.1) is 0 Å². The molecule has 0 N–H and O–H groups in total. The molecule has 168 valence electrons. The zero-order valence-electron chi connectivity index (χ0n) is 16.5. The summed E-state index contributed by atoms with van der Waals surface area (Å²) in [6.07, 6.45) is 9.53. The second-order valence-corrected chi connectivity index (χ2v) is 6.30. The van der Waals surface area contributed by atoms with E-state index in [-0.39, 0.29) is 0 Å². The fourth-order valence-electron chi connectivity index (χ4n) is 2.40. The third kappa shape index (κ3) is 14.7. The highest BCUT2D eigenvalue weighted by Gasteiger charge is 2.21. The summed E-state index contributed by atoms with van der Waals surface area (Å²) in [7, 11) is -9.97. The van der Waals surface area contributed by atoms with Gasteiger partial charge in [-0.15, -0.1) is 0 Å². The second kappa shape index (κ2) is 12.1. The molecule has 0 saturated carbocycles. The quantitative estimate of drug-likeness (QED) is 0.290. The molecule has 2 heterocycles. The van der Waals surface area contributed by atoms with Gasteiger partial charge in [-0.2, -0.15) is 0 Å². The highest BCUT2D eigenvalue weighted by molar-refractivity contribution is 6.50. The van der Waals surface area contributed by atoms with Crippen LogP contribution in [0.15, 0.2) is 79.4 Å². The van der Waals surface area contributed by atoms with Crippen LogP contribution in [0.25, 0.3) is 11.1 Å². The fourth-order valence-corrected chi connectivity index (χ4v) is 2.40. The average Bonchev–Trinajstić information content (AvgIpc) is 2.66. The minimum Gasteiger partial charge on any atom is -0.418 e. The smallest absolute Gasteiger partial charge is 0.418 e. The number of benzene rings is 1. The number of aryl methyl sites for hydroxylation is 3. The largest absolute Gasteiger partial charge is 0.673 e. The number of rotatable bonds is 4. The Morgan fingerprint density at radius 3 is 1.42 bits per heavy atom. The molecule has 1 aromatic carbocycles. The van der Waals surface area contributed by atoms with Gasteiger partial charge in [-0.1, -0.05) is 30.3 Å². The molecular weight excluding hydrogens is 430 g/mol. The van der Waals surface area contributed by atoms with Crippen LogP contribution in [0.1, 0.15) is 5.56 Å². The molecule has 0 bridgehead atoms. The number of pyridine rings is 2. The van der Waals surface area contributed by atoms with E-state index >= 15 is 0 Å². The molecule has 0 radical (unpaired) electrons. The Kier molecular flexibility index (Phi) is 10.2. The lowest BCUT2D eigenvalue weighted by molar-refractivity contribution is -0.696. The third-order valence-electron chi connectivity index (χ3n) is 3.70. The van der Waals surface area contributed by atoms with Crippen LogP contribution in [0.5, 0.6) is 0 Å². The molecule has 3 aromatic rings. The van der Waals surface area contributed by atoms with Gasteiger partial charge < -0.3 is 34.5 Å². The molecule has 31 heavy (non-hydrogen) atoms. The lowest BCUT2D eigenvalue weighted by atomic mass is 10.1. The SMILES string of the molecule is C[n+]1ccc(-c2cc[n+](CCc3ccccc3)cc2)cc1.F[B-](F)(F)F.F[B-](F)(F)F. The van der Waals surface area contributed by atoms with E-state index in [1.165, 1.54) is 16.7 Å². The monoisotopic (exact) mass is 450 g/mol. The maximum atomic E-state index is 9.75. The maximum absolute atomic E-state index is 9.75. The van der Waals surface area contributed by atoms with Crippen molar-refractivity contribution < 1.29 is 43.7 Å². The standard InChI is InChI=1S/C19H20N2.2BF4/c1-20-12-8-18(9-13-20)19-10-15-21(16-11-19)14-7-17-5-3-2-4-6-17;2*2-1(3,4)5/h2-6,8-13,15-16H,7,14H2,1H3;;/q+2;2*-1. The van der Waals surface area contributed by atoms with E-state index in [0.717, 1.165) is 13.0 Å². The maximum Gasteiger partial charge on any atom is 0.673 e. The fraction of sp³-hybridized carbons (Fsp3) is 0.158. The van der Waals surface area contributed by atoms with Gasteiger partial charge in [0.2, 0.25) is 0 Å². The van der Waals surface area contributed by atoms with Crippen LogP contribution in [-0.2, 0) is 20.0 Å². The van der Waals surface area contributed by atoms with Crippen molar-refractivity contribution >= 4 is 14.5 Å². The first-order valence-electron chi connectivity index (χ1n) is 9.04. The first-order valence-corrected chi connectivity index (χ1v) is 9.04. The highest BCUT2D eigenvalue weighted by atomic mass is 19.5. The normalized spacial score (nSPS) is 11.0. The summed E-state index contributed by atoms with van der Waals surface area (Å²) in [6.45, 7) is 1.01. The molecule has 0 spiro atoms. The Morgan fingerprint density at radius 2 is 1.00 bits per heavy atom. The topological polar surface area (TPSA) is 7.76 Å². The van der Waals surface area contributed by atoms with E-state index in [9.17, 15) is 34.5 Å².